The third-order valence-corrected chi connectivity index (χ3v) is 2.81. The minimum absolute atomic E-state index is 0.840. The van der Waals surface area contributed by atoms with Crippen LogP contribution in [0.4, 0.5) is 0 Å². The zero-order valence-corrected chi connectivity index (χ0v) is 9.99. The van der Waals surface area contributed by atoms with E-state index in [1.165, 1.54) is 0 Å². The van der Waals surface area contributed by atoms with Crippen LogP contribution in [0.25, 0.3) is 0 Å². The second-order valence-electron chi connectivity index (χ2n) is 3.30. The maximum absolute atomic E-state index is 5.79. The van der Waals surface area contributed by atoms with E-state index in [9.17, 15) is 0 Å². The van der Waals surface area contributed by atoms with Crippen molar-refractivity contribution < 1.29 is 4.74 Å². The minimum atomic E-state index is 0.840. The molecule has 0 saturated heterocycles. The Morgan fingerprint density at radius 3 is 2.13 bits per heavy atom. The van der Waals surface area contributed by atoms with Crippen molar-refractivity contribution in [2.24, 2.45) is 0 Å². The Labute approximate surface area is 97.8 Å². The lowest BCUT2D eigenvalue weighted by Crippen LogP contribution is -1.87. The van der Waals surface area contributed by atoms with Crippen molar-refractivity contribution in [1.82, 2.24) is 0 Å². The van der Waals surface area contributed by atoms with Crippen molar-refractivity contribution >= 4 is 15.9 Å². The van der Waals surface area contributed by atoms with E-state index in [0.29, 0.717) is 0 Å². The van der Waals surface area contributed by atoms with Crippen molar-refractivity contribution in [2.75, 3.05) is 0 Å². The Bertz CT molecular complexity index is 422. The molecule has 0 N–H and O–H groups in total. The Morgan fingerprint density at radius 1 is 0.867 bits per heavy atom. The third kappa shape index (κ3) is 2.39. The largest absolute Gasteiger partial charge is 0.456 e. The Morgan fingerprint density at radius 2 is 1.47 bits per heavy atom. The summed E-state index contributed by atoms with van der Waals surface area (Å²) in [4.78, 5) is 0. The molecule has 0 bridgehead atoms. The molecule has 0 heterocycles. The van der Waals surface area contributed by atoms with Crippen LogP contribution in [0.3, 0.4) is 0 Å². The van der Waals surface area contributed by atoms with Crippen LogP contribution < -0.4 is 4.74 Å². The van der Waals surface area contributed by atoms with Gasteiger partial charge in [0.05, 0.1) is 4.47 Å². The second-order valence-corrected chi connectivity index (χ2v) is 4.15. The molecule has 0 radical (unpaired) electrons. The lowest BCUT2D eigenvalue weighted by molar-refractivity contribution is 0.476. The molecule has 0 atom stereocenters. The molecule has 0 amide bonds. The Balaban J connectivity index is 2.30. The van der Waals surface area contributed by atoms with Crippen LogP contribution in [0.15, 0.2) is 53.0 Å². The predicted octanol–water partition coefficient (Wildman–Crippen LogP) is 4.55. The maximum atomic E-state index is 5.79. The first-order valence-corrected chi connectivity index (χ1v) is 5.54. The molecule has 2 heteroatoms. The van der Waals surface area contributed by atoms with E-state index in [1.54, 1.807) is 0 Å². The van der Waals surface area contributed by atoms with Gasteiger partial charge < -0.3 is 4.74 Å². The summed E-state index contributed by atoms with van der Waals surface area (Å²) in [6.07, 6.45) is 0. The molecule has 0 saturated carbocycles. The van der Waals surface area contributed by atoms with Gasteiger partial charge in [0.25, 0.3) is 0 Å². The van der Waals surface area contributed by atoms with Gasteiger partial charge in [-0.3, -0.25) is 0 Å². The highest BCUT2D eigenvalue weighted by Crippen LogP contribution is 2.30. The lowest BCUT2D eigenvalue weighted by atomic mass is 10.2. The van der Waals surface area contributed by atoms with E-state index in [2.05, 4.69) is 15.9 Å². The Kier molecular flexibility index (Phi) is 3.07. The first-order valence-electron chi connectivity index (χ1n) is 4.75. The lowest BCUT2D eigenvalue weighted by Gasteiger charge is -2.09. The normalized spacial score (nSPS) is 10.0. The van der Waals surface area contributed by atoms with Crippen molar-refractivity contribution in [3.8, 4) is 11.5 Å². The van der Waals surface area contributed by atoms with Gasteiger partial charge in [-0.15, -0.1) is 0 Å². The fraction of sp³-hybridized carbons (Fsp3) is 0.0769. The third-order valence-electron chi connectivity index (χ3n) is 2.15. The highest BCUT2D eigenvalue weighted by atomic mass is 79.9. The molecule has 0 spiro atoms. The number of ether oxygens (including phenoxy) is 1. The zero-order chi connectivity index (χ0) is 10.7. The summed E-state index contributed by atoms with van der Waals surface area (Å²) >= 11 is 3.45. The molecular weight excluding hydrogens is 252 g/mol. The van der Waals surface area contributed by atoms with Crippen molar-refractivity contribution in [3.63, 3.8) is 0 Å². The molecule has 2 aromatic carbocycles. The molecule has 0 aromatic heterocycles. The van der Waals surface area contributed by atoms with Crippen molar-refractivity contribution in [3.05, 3.63) is 58.6 Å². The fourth-order valence-corrected chi connectivity index (χ4v) is 1.68. The van der Waals surface area contributed by atoms with Crippen molar-refractivity contribution in [1.29, 1.82) is 0 Å². The average Bonchev–Trinajstić information content (AvgIpc) is 2.24. The summed E-state index contributed by atoms with van der Waals surface area (Å²) < 4.78 is 6.76. The highest BCUT2D eigenvalue weighted by Gasteiger charge is 2.02. The first-order chi connectivity index (χ1) is 7.27. The number of hydrogen-bond donors (Lipinski definition) is 0. The van der Waals surface area contributed by atoms with Gasteiger partial charge in [0.2, 0.25) is 0 Å². The van der Waals surface area contributed by atoms with Crippen LogP contribution in [0.2, 0.25) is 0 Å². The summed E-state index contributed by atoms with van der Waals surface area (Å²) in [5.74, 6) is 1.73. The minimum Gasteiger partial charge on any atom is -0.456 e. The van der Waals surface area contributed by atoms with Gasteiger partial charge in [-0.05, 0) is 46.6 Å². The molecular formula is C13H11BrO. The zero-order valence-electron chi connectivity index (χ0n) is 8.41. The average molecular weight is 263 g/mol. The SMILES string of the molecule is Cc1ccccc1Oc1ccccc1Br. The molecule has 0 aliphatic heterocycles. The van der Waals surface area contributed by atoms with Crippen molar-refractivity contribution in [2.45, 2.75) is 6.92 Å². The van der Waals surface area contributed by atoms with E-state index in [-0.39, 0.29) is 0 Å². The number of rotatable bonds is 2. The smallest absolute Gasteiger partial charge is 0.141 e. The van der Waals surface area contributed by atoms with E-state index in [4.69, 9.17) is 4.74 Å². The van der Waals surface area contributed by atoms with Gasteiger partial charge in [0.15, 0.2) is 0 Å². The molecule has 1 nitrogen and oxygen atoms in total. The predicted molar refractivity (Wildman–Crippen MR) is 65.4 cm³/mol. The standard InChI is InChI=1S/C13H11BrO/c1-10-6-2-4-8-12(10)15-13-9-5-3-7-11(13)14/h2-9H,1H3. The van der Waals surface area contributed by atoms with Gasteiger partial charge in [-0.1, -0.05) is 30.3 Å². The van der Waals surface area contributed by atoms with Crippen LogP contribution >= 0.6 is 15.9 Å². The van der Waals surface area contributed by atoms with Crippen LogP contribution in [0, 0.1) is 6.92 Å². The molecule has 0 aliphatic rings. The fourth-order valence-electron chi connectivity index (χ4n) is 1.32. The van der Waals surface area contributed by atoms with E-state index < -0.39 is 0 Å². The molecule has 0 aliphatic carbocycles. The van der Waals surface area contributed by atoms with Gasteiger partial charge >= 0.3 is 0 Å². The van der Waals surface area contributed by atoms with Crippen LogP contribution in [-0.2, 0) is 0 Å². The van der Waals surface area contributed by atoms with E-state index in [0.717, 1.165) is 21.5 Å². The molecule has 2 rings (SSSR count). The van der Waals surface area contributed by atoms with E-state index in [1.807, 2.05) is 55.5 Å². The number of para-hydroxylation sites is 2. The maximum Gasteiger partial charge on any atom is 0.141 e. The molecule has 76 valence electrons. The summed E-state index contributed by atoms with van der Waals surface area (Å²) in [6, 6.07) is 15.8. The first kappa shape index (κ1) is 10.2. The van der Waals surface area contributed by atoms with Gasteiger partial charge in [0, 0.05) is 0 Å². The van der Waals surface area contributed by atoms with E-state index >= 15 is 0 Å². The van der Waals surface area contributed by atoms with Gasteiger partial charge in [-0.25, -0.2) is 0 Å². The summed E-state index contributed by atoms with van der Waals surface area (Å²) in [7, 11) is 0. The van der Waals surface area contributed by atoms with Crippen LogP contribution in [0.5, 0.6) is 11.5 Å². The van der Waals surface area contributed by atoms with Crippen LogP contribution in [0.1, 0.15) is 5.56 Å². The quantitative estimate of drug-likeness (QED) is 0.772. The molecule has 15 heavy (non-hydrogen) atoms. The van der Waals surface area contributed by atoms with Gasteiger partial charge in [-0.2, -0.15) is 0 Å². The van der Waals surface area contributed by atoms with Crippen LogP contribution in [-0.4, -0.2) is 0 Å². The summed E-state index contributed by atoms with van der Waals surface area (Å²) in [5, 5.41) is 0. The number of benzene rings is 2. The summed E-state index contributed by atoms with van der Waals surface area (Å²) in [5.41, 5.74) is 1.13. The topological polar surface area (TPSA) is 9.23 Å². The summed E-state index contributed by atoms with van der Waals surface area (Å²) in [6.45, 7) is 2.03. The molecule has 0 unspecified atom stereocenters. The molecule has 2 aromatic rings. The van der Waals surface area contributed by atoms with Gasteiger partial charge in [0.1, 0.15) is 11.5 Å². The molecule has 0 fully saturated rings. The Hall–Kier alpha value is -1.28. The monoisotopic (exact) mass is 262 g/mol. The second kappa shape index (κ2) is 4.49. The highest BCUT2D eigenvalue weighted by molar-refractivity contribution is 9.10. The number of halogens is 1. The number of hydrogen-bond acceptors (Lipinski definition) is 1. The number of aryl methyl sites for hydroxylation is 1.